The standard InChI is InChI=1S/C19H25N3O3/c23-16(13-19(25)4-2-5-19)21-10-6-18(7-11-21)8-12-22(17(18)24)15-3-1-9-20-14-15/h1,3,9,14,25H,2,4-8,10-13H2. The van der Waals surface area contributed by atoms with Crippen molar-refractivity contribution < 1.29 is 14.7 Å². The van der Waals surface area contributed by atoms with Crippen LogP contribution in [0.2, 0.25) is 0 Å². The fourth-order valence-corrected chi connectivity index (χ4v) is 4.38. The second-order valence-electron chi connectivity index (χ2n) is 7.83. The molecule has 1 aromatic heterocycles. The highest BCUT2D eigenvalue weighted by atomic mass is 16.3. The molecule has 1 N–H and O–H groups in total. The molecule has 1 spiro atoms. The van der Waals surface area contributed by atoms with Crippen molar-refractivity contribution in [3.8, 4) is 0 Å². The number of anilines is 1. The van der Waals surface area contributed by atoms with Crippen LogP contribution in [0.3, 0.4) is 0 Å². The third-order valence-electron chi connectivity index (χ3n) is 6.31. The van der Waals surface area contributed by atoms with Gasteiger partial charge in [0.1, 0.15) is 0 Å². The maximum absolute atomic E-state index is 13.0. The van der Waals surface area contributed by atoms with Gasteiger partial charge in [0.05, 0.1) is 29.3 Å². The number of carbonyl (C=O) groups is 2. The largest absolute Gasteiger partial charge is 0.389 e. The number of amides is 2. The number of aliphatic hydroxyl groups is 1. The molecule has 134 valence electrons. The predicted octanol–water partition coefficient (Wildman–Crippen LogP) is 1.73. The van der Waals surface area contributed by atoms with Crippen LogP contribution < -0.4 is 4.90 Å². The quantitative estimate of drug-likeness (QED) is 0.907. The molecule has 3 fully saturated rings. The smallest absolute Gasteiger partial charge is 0.233 e. The van der Waals surface area contributed by atoms with Gasteiger partial charge in [-0.2, -0.15) is 0 Å². The fraction of sp³-hybridized carbons (Fsp3) is 0.632. The van der Waals surface area contributed by atoms with Crippen molar-refractivity contribution in [3.05, 3.63) is 24.5 Å². The van der Waals surface area contributed by atoms with Crippen molar-refractivity contribution in [1.29, 1.82) is 0 Å². The summed E-state index contributed by atoms with van der Waals surface area (Å²) in [6, 6.07) is 3.77. The summed E-state index contributed by atoms with van der Waals surface area (Å²) in [6.07, 6.45) is 8.41. The van der Waals surface area contributed by atoms with Gasteiger partial charge in [-0.1, -0.05) is 0 Å². The molecule has 1 aliphatic carbocycles. The highest BCUT2D eigenvalue weighted by Gasteiger charge is 2.49. The lowest BCUT2D eigenvalue weighted by atomic mass is 9.75. The lowest BCUT2D eigenvalue weighted by Crippen LogP contribution is -2.49. The number of rotatable bonds is 3. The first kappa shape index (κ1) is 16.5. The van der Waals surface area contributed by atoms with Gasteiger partial charge in [0, 0.05) is 25.8 Å². The Morgan fingerprint density at radius 2 is 1.88 bits per heavy atom. The zero-order valence-electron chi connectivity index (χ0n) is 14.5. The molecule has 6 nitrogen and oxygen atoms in total. The molecule has 0 unspecified atom stereocenters. The van der Waals surface area contributed by atoms with Gasteiger partial charge in [-0.05, 0) is 50.7 Å². The topological polar surface area (TPSA) is 73.7 Å². The Labute approximate surface area is 147 Å². The van der Waals surface area contributed by atoms with Gasteiger partial charge >= 0.3 is 0 Å². The van der Waals surface area contributed by atoms with Crippen LogP contribution in [0.5, 0.6) is 0 Å². The first-order valence-corrected chi connectivity index (χ1v) is 9.24. The van der Waals surface area contributed by atoms with Gasteiger partial charge < -0.3 is 14.9 Å². The number of hydrogen-bond acceptors (Lipinski definition) is 4. The summed E-state index contributed by atoms with van der Waals surface area (Å²) in [4.78, 5) is 33.2. The van der Waals surface area contributed by atoms with E-state index in [1.165, 1.54) is 0 Å². The van der Waals surface area contributed by atoms with E-state index >= 15 is 0 Å². The summed E-state index contributed by atoms with van der Waals surface area (Å²) in [5, 5.41) is 10.2. The average molecular weight is 343 g/mol. The maximum Gasteiger partial charge on any atom is 0.233 e. The van der Waals surface area contributed by atoms with Crippen LogP contribution in [0.15, 0.2) is 24.5 Å². The van der Waals surface area contributed by atoms with E-state index < -0.39 is 5.60 Å². The molecule has 2 amide bonds. The summed E-state index contributed by atoms with van der Waals surface area (Å²) < 4.78 is 0. The van der Waals surface area contributed by atoms with Crippen LogP contribution in [0.1, 0.15) is 44.9 Å². The Hall–Kier alpha value is -1.95. The number of nitrogens with zero attached hydrogens (tertiary/aromatic N) is 3. The molecule has 4 rings (SSSR count). The fourth-order valence-electron chi connectivity index (χ4n) is 4.38. The molecule has 0 radical (unpaired) electrons. The number of carbonyl (C=O) groups excluding carboxylic acids is 2. The molecule has 2 saturated heterocycles. The minimum Gasteiger partial charge on any atom is -0.389 e. The molecule has 0 bridgehead atoms. The van der Waals surface area contributed by atoms with Crippen LogP contribution >= 0.6 is 0 Å². The Morgan fingerprint density at radius 3 is 2.48 bits per heavy atom. The summed E-state index contributed by atoms with van der Waals surface area (Å²) in [7, 11) is 0. The van der Waals surface area contributed by atoms with Crippen LogP contribution in [0.25, 0.3) is 0 Å². The molecule has 0 aromatic carbocycles. The van der Waals surface area contributed by atoms with E-state index in [1.54, 1.807) is 12.4 Å². The first-order chi connectivity index (χ1) is 12.0. The van der Waals surface area contributed by atoms with Crippen LogP contribution in [0.4, 0.5) is 5.69 Å². The van der Waals surface area contributed by atoms with Gasteiger partial charge in [-0.3, -0.25) is 14.6 Å². The lowest BCUT2D eigenvalue weighted by molar-refractivity contribution is -0.144. The second-order valence-corrected chi connectivity index (χ2v) is 7.83. The molecule has 3 heterocycles. The molecular weight excluding hydrogens is 318 g/mol. The zero-order valence-corrected chi connectivity index (χ0v) is 14.5. The second kappa shape index (κ2) is 6.09. The van der Waals surface area contributed by atoms with Gasteiger partial charge in [-0.15, -0.1) is 0 Å². The average Bonchev–Trinajstić information content (AvgIpc) is 2.91. The van der Waals surface area contributed by atoms with E-state index in [-0.39, 0.29) is 23.7 Å². The minimum absolute atomic E-state index is 0.0339. The monoisotopic (exact) mass is 343 g/mol. The van der Waals surface area contributed by atoms with Crippen molar-refractivity contribution in [2.45, 2.75) is 50.5 Å². The maximum atomic E-state index is 13.0. The highest BCUT2D eigenvalue weighted by molar-refractivity contribution is 6.00. The van der Waals surface area contributed by atoms with E-state index in [2.05, 4.69) is 4.98 Å². The molecule has 1 aromatic rings. The van der Waals surface area contributed by atoms with Crippen LogP contribution in [0, 0.1) is 5.41 Å². The van der Waals surface area contributed by atoms with E-state index in [0.29, 0.717) is 25.9 Å². The molecular formula is C19H25N3O3. The molecule has 0 atom stereocenters. The number of aromatic nitrogens is 1. The predicted molar refractivity (Wildman–Crippen MR) is 92.9 cm³/mol. The van der Waals surface area contributed by atoms with E-state index in [0.717, 1.165) is 37.9 Å². The third-order valence-corrected chi connectivity index (χ3v) is 6.31. The summed E-state index contributed by atoms with van der Waals surface area (Å²) in [6.45, 7) is 1.95. The number of likely N-dealkylation sites (tertiary alicyclic amines) is 1. The van der Waals surface area contributed by atoms with Crippen molar-refractivity contribution in [3.63, 3.8) is 0 Å². The Morgan fingerprint density at radius 1 is 1.16 bits per heavy atom. The summed E-state index contributed by atoms with van der Waals surface area (Å²) in [5.74, 6) is 0.205. The van der Waals surface area contributed by atoms with Crippen molar-refractivity contribution in [2.75, 3.05) is 24.5 Å². The van der Waals surface area contributed by atoms with Gasteiger partial charge in [0.2, 0.25) is 11.8 Å². The highest BCUT2D eigenvalue weighted by Crippen LogP contribution is 2.43. The number of hydrogen-bond donors (Lipinski definition) is 1. The summed E-state index contributed by atoms with van der Waals surface area (Å²) >= 11 is 0. The van der Waals surface area contributed by atoms with Gasteiger partial charge in [0.25, 0.3) is 0 Å². The Balaban J connectivity index is 1.38. The zero-order chi connectivity index (χ0) is 17.5. The van der Waals surface area contributed by atoms with E-state index in [9.17, 15) is 14.7 Å². The number of pyridine rings is 1. The van der Waals surface area contributed by atoms with Crippen LogP contribution in [-0.4, -0.2) is 52.0 Å². The Kier molecular flexibility index (Phi) is 4.02. The number of piperidine rings is 1. The first-order valence-electron chi connectivity index (χ1n) is 9.24. The third kappa shape index (κ3) is 2.92. The molecule has 25 heavy (non-hydrogen) atoms. The summed E-state index contributed by atoms with van der Waals surface area (Å²) in [5.41, 5.74) is -0.248. The molecule has 2 aliphatic heterocycles. The SMILES string of the molecule is O=C(CC1(O)CCC1)N1CCC2(CC1)CCN(c1cccnc1)C2=O. The normalized spacial score (nSPS) is 24.4. The van der Waals surface area contributed by atoms with Crippen LogP contribution in [-0.2, 0) is 9.59 Å². The minimum atomic E-state index is -0.771. The molecule has 6 heteroatoms. The lowest BCUT2D eigenvalue weighted by Gasteiger charge is -2.41. The molecule has 1 saturated carbocycles. The van der Waals surface area contributed by atoms with Crippen molar-refractivity contribution in [2.24, 2.45) is 5.41 Å². The van der Waals surface area contributed by atoms with Crippen molar-refractivity contribution >= 4 is 17.5 Å². The van der Waals surface area contributed by atoms with E-state index in [4.69, 9.17) is 0 Å². The Bertz CT molecular complexity index is 664. The van der Waals surface area contributed by atoms with Gasteiger partial charge in [0.15, 0.2) is 0 Å². The molecule has 3 aliphatic rings. The van der Waals surface area contributed by atoms with Crippen molar-refractivity contribution in [1.82, 2.24) is 9.88 Å². The van der Waals surface area contributed by atoms with Gasteiger partial charge in [-0.25, -0.2) is 0 Å². The van der Waals surface area contributed by atoms with E-state index in [1.807, 2.05) is 21.9 Å².